The second kappa shape index (κ2) is 6.55. The maximum Gasteiger partial charge on any atom is 0.325 e. The van der Waals surface area contributed by atoms with Crippen molar-refractivity contribution in [1.82, 2.24) is 0 Å². The topological polar surface area (TPSA) is 38.5 Å². The van der Waals surface area contributed by atoms with Gasteiger partial charge >= 0.3 is 5.37 Å². The lowest BCUT2D eigenvalue weighted by Crippen LogP contribution is -2.17. The largest absolute Gasteiger partial charge is 0.325 e. The van der Waals surface area contributed by atoms with Gasteiger partial charge in [0.2, 0.25) is 0 Å². The van der Waals surface area contributed by atoms with Crippen molar-refractivity contribution in [1.29, 1.82) is 0 Å². The zero-order valence-electron chi connectivity index (χ0n) is 10.9. The molecule has 4 heteroatoms. The van der Waals surface area contributed by atoms with E-state index in [1.807, 2.05) is 6.92 Å². The van der Waals surface area contributed by atoms with Crippen LogP contribution in [0.5, 0.6) is 0 Å². The molecule has 0 heterocycles. The van der Waals surface area contributed by atoms with E-state index in [-0.39, 0.29) is 4.90 Å². The Hall–Kier alpha value is -1.34. The maximum absolute atomic E-state index is 12.3. The summed E-state index contributed by atoms with van der Waals surface area (Å²) >= 11 is 0. The lowest BCUT2D eigenvalue weighted by atomic mass is 10.2. The highest BCUT2D eigenvalue weighted by Gasteiger charge is 2.31. The van der Waals surface area contributed by atoms with E-state index in [4.69, 9.17) is 6.57 Å². The fourth-order valence-electron chi connectivity index (χ4n) is 1.74. The van der Waals surface area contributed by atoms with Gasteiger partial charge in [0, 0.05) is 6.42 Å². The minimum Gasteiger partial charge on any atom is -0.296 e. The fourth-order valence-corrected chi connectivity index (χ4v) is 3.19. The van der Waals surface area contributed by atoms with Gasteiger partial charge in [0.05, 0.1) is 4.90 Å². The van der Waals surface area contributed by atoms with Crippen molar-refractivity contribution in [3.8, 4) is 0 Å². The van der Waals surface area contributed by atoms with Crippen LogP contribution in [0.1, 0.15) is 38.2 Å². The molecule has 0 unspecified atom stereocenters. The minimum atomic E-state index is -3.50. The molecule has 0 fully saturated rings. The summed E-state index contributed by atoms with van der Waals surface area (Å²) in [5, 5.41) is -0.938. The molecule has 0 bridgehead atoms. The van der Waals surface area contributed by atoms with E-state index in [0.717, 1.165) is 24.8 Å². The number of unbranched alkanes of at least 4 members (excludes halogenated alkanes) is 2. The van der Waals surface area contributed by atoms with Crippen molar-refractivity contribution in [2.45, 2.75) is 49.8 Å². The van der Waals surface area contributed by atoms with Gasteiger partial charge in [-0.15, -0.1) is 0 Å². The van der Waals surface area contributed by atoms with Crippen LogP contribution in [0.25, 0.3) is 4.85 Å². The summed E-state index contributed by atoms with van der Waals surface area (Å²) in [5.74, 6) is 0. The highest BCUT2D eigenvalue weighted by molar-refractivity contribution is 7.92. The van der Waals surface area contributed by atoms with Crippen LogP contribution in [0, 0.1) is 13.5 Å². The molecule has 0 amide bonds. The number of nitrogens with zero attached hydrogens (tertiary/aromatic N) is 1. The summed E-state index contributed by atoms with van der Waals surface area (Å²) in [4.78, 5) is 3.55. The monoisotopic (exact) mass is 265 g/mol. The van der Waals surface area contributed by atoms with Gasteiger partial charge in [-0.3, -0.25) is 4.85 Å². The fraction of sp³-hybridized carbons (Fsp3) is 0.500. The molecule has 0 aliphatic heterocycles. The molecule has 0 radical (unpaired) electrons. The van der Waals surface area contributed by atoms with Gasteiger partial charge in [-0.25, -0.2) is 15.0 Å². The van der Waals surface area contributed by atoms with Crippen molar-refractivity contribution in [3.63, 3.8) is 0 Å². The van der Waals surface area contributed by atoms with E-state index in [0.29, 0.717) is 6.42 Å². The lowest BCUT2D eigenvalue weighted by Gasteiger charge is -2.07. The number of hydrogen-bond donors (Lipinski definition) is 0. The number of benzene rings is 1. The zero-order valence-corrected chi connectivity index (χ0v) is 11.7. The van der Waals surface area contributed by atoms with Crippen LogP contribution in [-0.2, 0) is 9.84 Å². The van der Waals surface area contributed by atoms with Gasteiger partial charge in [-0.1, -0.05) is 37.5 Å². The second-order valence-corrected chi connectivity index (χ2v) is 6.54. The molecular weight excluding hydrogens is 246 g/mol. The Morgan fingerprint density at radius 2 is 1.83 bits per heavy atom. The number of rotatable bonds is 6. The van der Waals surface area contributed by atoms with Gasteiger partial charge in [-0.2, -0.15) is 0 Å². The number of sulfone groups is 1. The van der Waals surface area contributed by atoms with Crippen molar-refractivity contribution < 1.29 is 8.42 Å². The van der Waals surface area contributed by atoms with Gasteiger partial charge in [-0.05, 0) is 25.5 Å². The summed E-state index contributed by atoms with van der Waals surface area (Å²) in [6.45, 7) is 11.1. The van der Waals surface area contributed by atoms with E-state index >= 15 is 0 Å². The van der Waals surface area contributed by atoms with Gasteiger partial charge in [0.1, 0.15) is 0 Å². The normalized spacial score (nSPS) is 12.9. The van der Waals surface area contributed by atoms with Crippen LogP contribution in [0.2, 0.25) is 0 Å². The van der Waals surface area contributed by atoms with E-state index in [2.05, 4.69) is 11.8 Å². The first-order valence-corrected chi connectivity index (χ1v) is 7.74. The molecular formula is C14H19NO2S. The van der Waals surface area contributed by atoms with Crippen molar-refractivity contribution in [2.24, 2.45) is 0 Å². The minimum absolute atomic E-state index is 0.255. The van der Waals surface area contributed by atoms with Gasteiger partial charge in [0.15, 0.2) is 0 Å². The van der Waals surface area contributed by atoms with E-state index < -0.39 is 15.2 Å². The van der Waals surface area contributed by atoms with E-state index in [1.54, 1.807) is 24.3 Å². The maximum atomic E-state index is 12.3. The Morgan fingerprint density at radius 3 is 2.33 bits per heavy atom. The third-order valence-corrected chi connectivity index (χ3v) is 4.89. The smallest absolute Gasteiger partial charge is 0.296 e. The Bertz CT molecular complexity index is 512. The SMILES string of the molecule is [C-]#[N+][C@H](CCCCC)S(=O)(=O)c1ccc(C)cc1. The summed E-state index contributed by atoms with van der Waals surface area (Å²) in [6.07, 6.45) is 3.20. The number of hydrogen-bond acceptors (Lipinski definition) is 2. The molecule has 1 rings (SSSR count). The van der Waals surface area contributed by atoms with Crippen LogP contribution in [-0.4, -0.2) is 13.8 Å². The summed E-state index contributed by atoms with van der Waals surface area (Å²) < 4.78 is 24.5. The molecule has 1 aromatic carbocycles. The molecule has 0 aliphatic rings. The molecule has 98 valence electrons. The highest BCUT2D eigenvalue weighted by atomic mass is 32.2. The van der Waals surface area contributed by atoms with Crippen LogP contribution >= 0.6 is 0 Å². The second-order valence-electron chi connectivity index (χ2n) is 4.44. The Labute approximate surface area is 110 Å². The van der Waals surface area contributed by atoms with Crippen LogP contribution < -0.4 is 0 Å². The van der Waals surface area contributed by atoms with Crippen LogP contribution in [0.3, 0.4) is 0 Å². The first-order chi connectivity index (χ1) is 8.52. The quantitative estimate of drug-likeness (QED) is 0.582. The lowest BCUT2D eigenvalue weighted by molar-refractivity contribution is 0.575. The average Bonchev–Trinajstić information content (AvgIpc) is 2.35. The molecule has 3 nitrogen and oxygen atoms in total. The summed E-state index contributed by atoms with van der Waals surface area (Å²) in [5.41, 5.74) is 1.01. The Kier molecular flexibility index (Phi) is 5.36. The van der Waals surface area contributed by atoms with E-state index in [1.165, 1.54) is 0 Å². The highest BCUT2D eigenvalue weighted by Crippen LogP contribution is 2.21. The molecule has 0 N–H and O–H groups in total. The molecule has 0 aliphatic carbocycles. The Morgan fingerprint density at radius 1 is 1.22 bits per heavy atom. The molecule has 0 saturated carbocycles. The number of aryl methyl sites for hydroxylation is 1. The first kappa shape index (κ1) is 14.7. The molecule has 0 aromatic heterocycles. The Balaban J connectivity index is 2.90. The molecule has 18 heavy (non-hydrogen) atoms. The third kappa shape index (κ3) is 3.58. The molecule has 1 aromatic rings. The van der Waals surface area contributed by atoms with Crippen LogP contribution in [0.15, 0.2) is 29.2 Å². The standard InChI is InChI=1S/C14H19NO2S/c1-4-5-6-7-14(15-3)18(16,17)13-10-8-12(2)9-11-13/h8-11,14H,4-7H2,1-2H3/t14-/m0/s1. The van der Waals surface area contributed by atoms with Gasteiger partial charge < -0.3 is 0 Å². The van der Waals surface area contributed by atoms with Crippen molar-refractivity contribution in [2.75, 3.05) is 0 Å². The first-order valence-electron chi connectivity index (χ1n) is 6.19. The van der Waals surface area contributed by atoms with Crippen molar-refractivity contribution in [3.05, 3.63) is 41.2 Å². The van der Waals surface area contributed by atoms with Crippen molar-refractivity contribution >= 4 is 9.84 Å². The zero-order chi connectivity index (χ0) is 13.6. The molecule has 1 atom stereocenters. The van der Waals surface area contributed by atoms with Gasteiger partial charge in [0.25, 0.3) is 9.84 Å². The predicted molar refractivity (Wildman–Crippen MR) is 72.9 cm³/mol. The summed E-state index contributed by atoms with van der Waals surface area (Å²) in [6, 6.07) is 6.70. The molecule has 0 spiro atoms. The predicted octanol–water partition coefficient (Wildman–Crippen LogP) is 3.59. The van der Waals surface area contributed by atoms with Crippen LogP contribution in [0.4, 0.5) is 0 Å². The third-order valence-electron chi connectivity index (χ3n) is 2.91. The summed E-state index contributed by atoms with van der Waals surface area (Å²) in [7, 11) is -3.50. The van der Waals surface area contributed by atoms with E-state index in [9.17, 15) is 8.42 Å². The average molecular weight is 265 g/mol. The molecule has 0 saturated heterocycles.